The molecule has 3 rings (SSSR count). The molecular weight excluding hydrogens is 468 g/mol. The van der Waals surface area contributed by atoms with Gasteiger partial charge in [0.15, 0.2) is 0 Å². The highest BCUT2D eigenvalue weighted by Gasteiger charge is 2.30. The number of amidine groups is 1. The molecule has 11 heteroatoms. The number of carbonyl (C=O) groups is 2. The number of nitrogens with zero attached hydrogens (tertiary/aromatic N) is 1. The molecule has 1 saturated heterocycles. The van der Waals surface area contributed by atoms with E-state index in [4.69, 9.17) is 16.9 Å². The summed E-state index contributed by atoms with van der Waals surface area (Å²) in [5, 5.41) is 10.3. The Bertz CT molecular complexity index is 1180. The van der Waals surface area contributed by atoms with Crippen LogP contribution in [0.1, 0.15) is 36.8 Å². The SMILES string of the molecule is N=C(N)c1cccc(C[C@H](NS(=O)(=O)c2cccc(NC(=O)CCN)c2)C(=O)N2CCCCC2)c1. The third-order valence-electron chi connectivity index (χ3n) is 5.74. The lowest BCUT2D eigenvalue weighted by molar-refractivity contribution is -0.133. The van der Waals surface area contributed by atoms with E-state index >= 15 is 0 Å². The second-order valence-electron chi connectivity index (χ2n) is 8.49. The van der Waals surface area contributed by atoms with Crippen molar-refractivity contribution < 1.29 is 18.0 Å². The number of rotatable bonds is 10. The minimum absolute atomic E-state index is 0.0722. The molecule has 0 radical (unpaired) electrons. The molecule has 0 spiro atoms. The lowest BCUT2D eigenvalue weighted by atomic mass is 10.0. The van der Waals surface area contributed by atoms with Crippen molar-refractivity contribution in [1.29, 1.82) is 5.41 Å². The van der Waals surface area contributed by atoms with E-state index in [0.29, 0.717) is 29.9 Å². The lowest BCUT2D eigenvalue weighted by Gasteiger charge is -2.31. The van der Waals surface area contributed by atoms with Crippen molar-refractivity contribution in [3.05, 3.63) is 59.7 Å². The second-order valence-corrected chi connectivity index (χ2v) is 10.2. The number of nitrogens with one attached hydrogen (secondary N) is 3. The van der Waals surface area contributed by atoms with Crippen LogP contribution in [0.15, 0.2) is 53.4 Å². The highest BCUT2D eigenvalue weighted by atomic mass is 32.2. The van der Waals surface area contributed by atoms with E-state index < -0.39 is 16.1 Å². The van der Waals surface area contributed by atoms with Crippen LogP contribution in [0.25, 0.3) is 0 Å². The van der Waals surface area contributed by atoms with Crippen LogP contribution in [-0.2, 0) is 26.0 Å². The van der Waals surface area contributed by atoms with Crippen molar-refractivity contribution in [2.45, 2.75) is 43.0 Å². The van der Waals surface area contributed by atoms with Gasteiger partial charge in [0.25, 0.3) is 0 Å². The molecule has 1 atom stereocenters. The number of nitrogen functional groups attached to an aromatic ring is 1. The Morgan fingerprint density at radius 3 is 2.46 bits per heavy atom. The van der Waals surface area contributed by atoms with Gasteiger partial charge in [-0.15, -0.1) is 0 Å². The molecule has 1 aliphatic heterocycles. The van der Waals surface area contributed by atoms with Gasteiger partial charge in [-0.2, -0.15) is 4.72 Å². The highest BCUT2D eigenvalue weighted by Crippen LogP contribution is 2.19. The third-order valence-corrected chi connectivity index (χ3v) is 7.21. The number of hydrogen-bond donors (Lipinski definition) is 5. The molecule has 35 heavy (non-hydrogen) atoms. The lowest BCUT2D eigenvalue weighted by Crippen LogP contribution is -2.51. The first-order valence-electron chi connectivity index (χ1n) is 11.5. The monoisotopic (exact) mass is 500 g/mol. The van der Waals surface area contributed by atoms with Gasteiger partial charge >= 0.3 is 0 Å². The van der Waals surface area contributed by atoms with Gasteiger partial charge < -0.3 is 21.7 Å². The quantitative estimate of drug-likeness (QED) is 0.242. The Hall–Kier alpha value is -3.28. The van der Waals surface area contributed by atoms with Crippen molar-refractivity contribution in [1.82, 2.24) is 9.62 Å². The van der Waals surface area contributed by atoms with Gasteiger partial charge in [0.1, 0.15) is 11.9 Å². The molecule has 1 heterocycles. The van der Waals surface area contributed by atoms with Crippen molar-refractivity contribution in [3.8, 4) is 0 Å². The first-order chi connectivity index (χ1) is 16.7. The minimum Gasteiger partial charge on any atom is -0.384 e. The molecule has 1 fully saturated rings. The number of likely N-dealkylation sites (tertiary alicyclic amines) is 1. The van der Waals surface area contributed by atoms with E-state index in [2.05, 4.69) is 10.0 Å². The summed E-state index contributed by atoms with van der Waals surface area (Å²) in [6.07, 6.45) is 2.98. The maximum atomic E-state index is 13.4. The highest BCUT2D eigenvalue weighted by molar-refractivity contribution is 7.89. The van der Waals surface area contributed by atoms with Crippen molar-refractivity contribution in [2.24, 2.45) is 11.5 Å². The number of carbonyl (C=O) groups excluding carboxylic acids is 2. The van der Waals surface area contributed by atoms with Gasteiger partial charge in [0.05, 0.1) is 4.90 Å². The van der Waals surface area contributed by atoms with Gasteiger partial charge in [-0.05, 0) is 55.5 Å². The van der Waals surface area contributed by atoms with Crippen LogP contribution >= 0.6 is 0 Å². The molecule has 0 saturated carbocycles. The maximum Gasteiger partial charge on any atom is 0.241 e. The summed E-state index contributed by atoms with van der Waals surface area (Å²) in [7, 11) is -4.10. The topological polar surface area (TPSA) is 171 Å². The smallest absolute Gasteiger partial charge is 0.241 e. The summed E-state index contributed by atoms with van der Waals surface area (Å²) < 4.78 is 29.2. The fraction of sp³-hybridized carbons (Fsp3) is 0.375. The van der Waals surface area contributed by atoms with Crippen molar-refractivity contribution in [3.63, 3.8) is 0 Å². The average molecular weight is 501 g/mol. The van der Waals surface area contributed by atoms with E-state index in [1.54, 1.807) is 35.2 Å². The summed E-state index contributed by atoms with van der Waals surface area (Å²) in [6.45, 7) is 1.33. The van der Waals surface area contributed by atoms with Crippen LogP contribution < -0.4 is 21.5 Å². The molecule has 2 amide bonds. The van der Waals surface area contributed by atoms with E-state index in [0.717, 1.165) is 19.3 Å². The average Bonchev–Trinajstić information content (AvgIpc) is 2.84. The standard InChI is InChI=1S/C24H32N6O4S/c25-11-10-22(31)28-19-8-5-9-20(16-19)35(33,34)29-21(24(32)30-12-2-1-3-13-30)15-17-6-4-7-18(14-17)23(26)27/h4-9,14,16,21,29H,1-3,10-13,15,25H2,(H3,26,27)(H,28,31)/t21-/m0/s1. The summed E-state index contributed by atoms with van der Waals surface area (Å²) in [6, 6.07) is 11.6. The van der Waals surface area contributed by atoms with E-state index in [-0.39, 0.29) is 41.9 Å². The molecule has 10 nitrogen and oxygen atoms in total. The summed E-state index contributed by atoms with van der Waals surface area (Å²) in [5.41, 5.74) is 12.5. The number of anilines is 1. The maximum absolute atomic E-state index is 13.4. The Labute approximate surface area is 205 Å². The Balaban J connectivity index is 1.87. The molecule has 0 aromatic heterocycles. The zero-order chi connectivity index (χ0) is 25.4. The van der Waals surface area contributed by atoms with Gasteiger partial charge in [0.2, 0.25) is 21.8 Å². The number of nitrogens with two attached hydrogens (primary N) is 2. The van der Waals surface area contributed by atoms with Crippen LogP contribution in [0.5, 0.6) is 0 Å². The zero-order valence-corrected chi connectivity index (χ0v) is 20.3. The summed E-state index contributed by atoms with van der Waals surface area (Å²) in [5.74, 6) is -0.729. The predicted octanol–water partition coefficient (Wildman–Crippen LogP) is 1.16. The van der Waals surface area contributed by atoms with Crippen LogP contribution in [0.4, 0.5) is 5.69 Å². The first-order valence-corrected chi connectivity index (χ1v) is 13.0. The van der Waals surface area contributed by atoms with Crippen molar-refractivity contribution in [2.75, 3.05) is 25.0 Å². The van der Waals surface area contributed by atoms with E-state index in [1.165, 1.54) is 18.2 Å². The number of sulfonamides is 1. The van der Waals surface area contributed by atoms with Gasteiger partial charge in [-0.25, -0.2) is 8.42 Å². The number of benzene rings is 2. The predicted molar refractivity (Wildman–Crippen MR) is 134 cm³/mol. The fourth-order valence-electron chi connectivity index (χ4n) is 3.97. The Kier molecular flexibility index (Phi) is 8.96. The molecular formula is C24H32N6O4S. The fourth-order valence-corrected chi connectivity index (χ4v) is 5.20. The number of piperidine rings is 1. The Morgan fingerprint density at radius 1 is 1.06 bits per heavy atom. The molecule has 2 aromatic carbocycles. The van der Waals surface area contributed by atoms with Gasteiger partial charge in [-0.3, -0.25) is 15.0 Å². The molecule has 1 aliphatic rings. The third kappa shape index (κ3) is 7.35. The number of hydrogen-bond acceptors (Lipinski definition) is 6. The summed E-state index contributed by atoms with van der Waals surface area (Å²) >= 11 is 0. The summed E-state index contributed by atoms with van der Waals surface area (Å²) in [4.78, 5) is 26.9. The molecule has 0 bridgehead atoms. The molecule has 188 valence electrons. The first kappa shape index (κ1) is 26.3. The van der Waals surface area contributed by atoms with Crippen LogP contribution in [0.2, 0.25) is 0 Å². The normalized spacial score (nSPS) is 14.8. The molecule has 0 aliphatic carbocycles. The van der Waals surface area contributed by atoms with Crippen LogP contribution in [-0.4, -0.2) is 56.6 Å². The van der Waals surface area contributed by atoms with Crippen molar-refractivity contribution >= 4 is 33.4 Å². The van der Waals surface area contributed by atoms with Crippen LogP contribution in [0.3, 0.4) is 0 Å². The minimum atomic E-state index is -4.10. The van der Waals surface area contributed by atoms with E-state index in [1.807, 2.05) is 0 Å². The van der Waals surface area contributed by atoms with Gasteiger partial charge in [0, 0.05) is 37.3 Å². The molecule has 0 unspecified atom stereocenters. The van der Waals surface area contributed by atoms with E-state index in [9.17, 15) is 18.0 Å². The molecule has 7 N–H and O–H groups in total. The Morgan fingerprint density at radius 2 is 1.77 bits per heavy atom. The largest absolute Gasteiger partial charge is 0.384 e. The number of amides is 2. The van der Waals surface area contributed by atoms with Gasteiger partial charge in [-0.1, -0.05) is 24.3 Å². The zero-order valence-electron chi connectivity index (χ0n) is 19.5. The van der Waals surface area contributed by atoms with Crippen LogP contribution in [0, 0.1) is 5.41 Å². The molecule has 2 aromatic rings. The second kappa shape index (κ2) is 11.9.